The Balaban J connectivity index is 1.51. The van der Waals surface area contributed by atoms with E-state index in [0.717, 1.165) is 38.2 Å². The number of nitrogens with one attached hydrogen (secondary N) is 1. The van der Waals surface area contributed by atoms with E-state index >= 15 is 0 Å². The van der Waals surface area contributed by atoms with Gasteiger partial charge >= 0.3 is 0 Å². The molecule has 2 aliphatic rings. The van der Waals surface area contributed by atoms with Crippen LogP contribution in [-0.2, 0) is 21.4 Å². The molecular formula is C22H36N4O3S. The smallest absolute Gasteiger partial charge is 0.223 e. The van der Waals surface area contributed by atoms with Gasteiger partial charge in [-0.05, 0) is 37.9 Å². The number of carbonyl (C=O) groups excluding carboxylic acids is 1. The Morgan fingerprint density at radius 2 is 1.73 bits per heavy atom. The molecule has 2 fully saturated rings. The van der Waals surface area contributed by atoms with Crippen molar-refractivity contribution >= 4 is 21.6 Å². The van der Waals surface area contributed by atoms with Crippen LogP contribution in [0.5, 0.6) is 0 Å². The number of benzene rings is 1. The van der Waals surface area contributed by atoms with E-state index in [-0.39, 0.29) is 17.6 Å². The van der Waals surface area contributed by atoms with E-state index in [0.29, 0.717) is 38.9 Å². The lowest BCUT2D eigenvalue weighted by molar-refractivity contribution is -0.126. The number of amides is 1. The van der Waals surface area contributed by atoms with Crippen LogP contribution in [0.3, 0.4) is 0 Å². The highest BCUT2D eigenvalue weighted by atomic mass is 32.2. The van der Waals surface area contributed by atoms with Gasteiger partial charge in [0.2, 0.25) is 15.9 Å². The van der Waals surface area contributed by atoms with Gasteiger partial charge in [-0.3, -0.25) is 4.79 Å². The topological polar surface area (TPSA) is 73.0 Å². The molecule has 1 amide bonds. The molecule has 168 valence electrons. The zero-order chi connectivity index (χ0) is 21.6. The van der Waals surface area contributed by atoms with Crippen molar-refractivity contribution in [3.05, 3.63) is 29.8 Å². The molecule has 30 heavy (non-hydrogen) atoms. The molecule has 3 rings (SSSR count). The molecule has 1 aromatic rings. The highest BCUT2D eigenvalue weighted by Crippen LogP contribution is 2.23. The van der Waals surface area contributed by atoms with Crippen molar-refractivity contribution < 1.29 is 13.2 Å². The average molecular weight is 437 g/mol. The molecule has 0 radical (unpaired) electrons. The van der Waals surface area contributed by atoms with Crippen molar-refractivity contribution in [3.8, 4) is 0 Å². The maximum absolute atomic E-state index is 12.7. The largest absolute Gasteiger partial charge is 0.369 e. The summed E-state index contributed by atoms with van der Waals surface area (Å²) in [6.45, 7) is 7.47. The summed E-state index contributed by atoms with van der Waals surface area (Å²) in [6, 6.07) is 8.28. The Kier molecular flexibility index (Phi) is 8.13. The van der Waals surface area contributed by atoms with E-state index in [2.05, 4.69) is 34.3 Å². The summed E-state index contributed by atoms with van der Waals surface area (Å²) in [5.74, 6) is 0.135. The number of unbranched alkanes of at least 4 members (excludes halogenated alkanes) is 1. The molecule has 2 aliphatic heterocycles. The summed E-state index contributed by atoms with van der Waals surface area (Å²) in [5.41, 5.74) is 2.33. The third-order valence-corrected chi connectivity index (χ3v) is 8.22. The number of para-hydroxylation sites is 1. The van der Waals surface area contributed by atoms with Crippen molar-refractivity contribution in [3.63, 3.8) is 0 Å². The number of piperidine rings is 1. The van der Waals surface area contributed by atoms with Gasteiger partial charge in [0.05, 0.1) is 5.75 Å². The van der Waals surface area contributed by atoms with E-state index in [1.807, 2.05) is 19.1 Å². The van der Waals surface area contributed by atoms with Gasteiger partial charge < -0.3 is 15.1 Å². The van der Waals surface area contributed by atoms with Crippen LogP contribution in [-0.4, -0.2) is 75.6 Å². The van der Waals surface area contributed by atoms with Crippen LogP contribution < -0.4 is 10.2 Å². The van der Waals surface area contributed by atoms with Gasteiger partial charge in [-0.25, -0.2) is 12.7 Å². The second kappa shape index (κ2) is 10.6. The number of carbonyl (C=O) groups is 1. The summed E-state index contributed by atoms with van der Waals surface area (Å²) < 4.78 is 26.3. The van der Waals surface area contributed by atoms with Crippen LogP contribution in [0, 0.1) is 5.92 Å². The number of hydrogen-bond donors (Lipinski definition) is 1. The number of nitrogens with zero attached hydrogens (tertiary/aromatic N) is 3. The summed E-state index contributed by atoms with van der Waals surface area (Å²) in [5, 5.41) is 3.10. The van der Waals surface area contributed by atoms with Crippen LogP contribution in [0.15, 0.2) is 24.3 Å². The van der Waals surface area contributed by atoms with Crippen LogP contribution >= 0.6 is 0 Å². The van der Waals surface area contributed by atoms with Crippen molar-refractivity contribution in [2.45, 2.75) is 39.2 Å². The second-order valence-corrected chi connectivity index (χ2v) is 10.6. The first-order chi connectivity index (χ1) is 14.4. The molecule has 0 aliphatic carbocycles. The first-order valence-corrected chi connectivity index (χ1v) is 12.8. The number of likely N-dealkylation sites (N-methyl/N-ethyl adjacent to an activating group) is 1. The number of anilines is 1. The van der Waals surface area contributed by atoms with Gasteiger partial charge in [0.25, 0.3) is 0 Å². The first-order valence-electron chi connectivity index (χ1n) is 11.2. The molecule has 7 nitrogen and oxygen atoms in total. The number of rotatable bonds is 8. The third kappa shape index (κ3) is 5.95. The zero-order valence-electron chi connectivity index (χ0n) is 18.3. The predicted molar refractivity (Wildman–Crippen MR) is 121 cm³/mol. The van der Waals surface area contributed by atoms with Crippen molar-refractivity contribution in [1.82, 2.24) is 14.5 Å². The predicted octanol–water partition coefficient (Wildman–Crippen LogP) is 1.90. The number of hydrogen-bond acceptors (Lipinski definition) is 5. The highest BCUT2D eigenvalue weighted by Gasteiger charge is 2.30. The maximum Gasteiger partial charge on any atom is 0.223 e. The van der Waals surface area contributed by atoms with Gasteiger partial charge in [-0.2, -0.15) is 0 Å². The molecule has 0 unspecified atom stereocenters. The lowest BCUT2D eigenvalue weighted by Gasteiger charge is -2.35. The fourth-order valence-electron chi connectivity index (χ4n) is 4.19. The first kappa shape index (κ1) is 23.0. The Bertz CT molecular complexity index is 798. The molecule has 0 atom stereocenters. The number of sulfonamides is 1. The van der Waals surface area contributed by atoms with Gasteiger partial charge in [-0.15, -0.1) is 0 Å². The lowest BCUT2D eigenvalue weighted by atomic mass is 9.97. The van der Waals surface area contributed by atoms with Crippen molar-refractivity contribution in [2.24, 2.45) is 5.92 Å². The summed E-state index contributed by atoms with van der Waals surface area (Å²) >= 11 is 0. The molecule has 0 spiro atoms. The van der Waals surface area contributed by atoms with Crippen LogP contribution in [0.1, 0.15) is 38.2 Å². The Labute approximate surface area is 181 Å². The minimum absolute atomic E-state index is 0.0359. The Morgan fingerprint density at radius 1 is 1.07 bits per heavy atom. The fourth-order valence-corrected chi connectivity index (χ4v) is 5.87. The van der Waals surface area contributed by atoms with Crippen LogP contribution in [0.2, 0.25) is 0 Å². The third-order valence-electron chi connectivity index (χ3n) is 6.26. The molecule has 1 aromatic carbocycles. The van der Waals surface area contributed by atoms with Crippen LogP contribution in [0.4, 0.5) is 5.69 Å². The van der Waals surface area contributed by atoms with Crippen molar-refractivity contribution in [1.29, 1.82) is 0 Å². The van der Waals surface area contributed by atoms with Crippen LogP contribution in [0.25, 0.3) is 0 Å². The highest BCUT2D eigenvalue weighted by molar-refractivity contribution is 7.89. The molecule has 0 saturated carbocycles. The molecule has 0 bridgehead atoms. The monoisotopic (exact) mass is 436 g/mol. The summed E-state index contributed by atoms with van der Waals surface area (Å²) in [4.78, 5) is 17.5. The average Bonchev–Trinajstić information content (AvgIpc) is 2.77. The van der Waals surface area contributed by atoms with E-state index in [9.17, 15) is 13.2 Å². The van der Waals surface area contributed by atoms with Gasteiger partial charge in [0.1, 0.15) is 0 Å². The minimum Gasteiger partial charge on any atom is -0.369 e. The summed E-state index contributed by atoms with van der Waals surface area (Å²) in [7, 11) is -1.04. The van der Waals surface area contributed by atoms with Gasteiger partial charge in [-0.1, -0.05) is 31.5 Å². The molecule has 0 aromatic heterocycles. The van der Waals surface area contributed by atoms with Gasteiger partial charge in [0, 0.05) is 57.4 Å². The Morgan fingerprint density at radius 3 is 2.40 bits per heavy atom. The molecule has 2 saturated heterocycles. The van der Waals surface area contributed by atoms with E-state index in [1.165, 1.54) is 5.69 Å². The minimum atomic E-state index is -3.18. The molecule has 8 heteroatoms. The van der Waals surface area contributed by atoms with E-state index < -0.39 is 10.0 Å². The standard InChI is InChI=1S/C22H36N4O3S/c1-3-4-17-30(28,29)26-11-9-19(10-12-26)22(27)23-18-20-7-5-6-8-21(20)25-15-13-24(2)14-16-25/h5-8,19H,3-4,9-18H2,1-2H3,(H,23,27). The Hall–Kier alpha value is -1.64. The van der Waals surface area contributed by atoms with Crippen molar-refractivity contribution in [2.75, 3.05) is 57.0 Å². The van der Waals surface area contributed by atoms with Gasteiger partial charge in [0.15, 0.2) is 0 Å². The number of piperazine rings is 1. The maximum atomic E-state index is 12.7. The normalized spacial score (nSPS) is 19.7. The quantitative estimate of drug-likeness (QED) is 0.674. The van der Waals surface area contributed by atoms with E-state index in [1.54, 1.807) is 4.31 Å². The molecular weight excluding hydrogens is 400 g/mol. The lowest BCUT2D eigenvalue weighted by Crippen LogP contribution is -2.45. The van der Waals surface area contributed by atoms with E-state index in [4.69, 9.17) is 0 Å². The zero-order valence-corrected chi connectivity index (χ0v) is 19.2. The summed E-state index contributed by atoms with van der Waals surface area (Å²) in [6.07, 6.45) is 2.75. The second-order valence-electron chi connectivity index (χ2n) is 8.48. The molecule has 1 N–H and O–H groups in total. The SMILES string of the molecule is CCCCS(=O)(=O)N1CCC(C(=O)NCc2ccccc2N2CCN(C)CC2)CC1. The fraction of sp³-hybridized carbons (Fsp3) is 0.682. The molecule has 2 heterocycles.